The number of rotatable bonds is 8. The van der Waals surface area contributed by atoms with E-state index in [1.807, 2.05) is 6.92 Å². The Morgan fingerprint density at radius 2 is 2.00 bits per heavy atom. The summed E-state index contributed by atoms with van der Waals surface area (Å²) >= 11 is 0. The van der Waals surface area contributed by atoms with Gasteiger partial charge in [-0.2, -0.15) is 0 Å². The number of nitrogens with one attached hydrogen (secondary N) is 2. The van der Waals surface area contributed by atoms with Gasteiger partial charge in [0, 0.05) is 13.7 Å². The van der Waals surface area contributed by atoms with E-state index in [1.54, 1.807) is 7.11 Å². The van der Waals surface area contributed by atoms with Crippen LogP contribution in [0.4, 0.5) is 4.79 Å². The summed E-state index contributed by atoms with van der Waals surface area (Å²) in [5.74, 6) is -2.01. The van der Waals surface area contributed by atoms with Gasteiger partial charge in [-0.3, -0.25) is 4.79 Å². The summed E-state index contributed by atoms with van der Waals surface area (Å²) in [5.41, 5.74) is 4.88. The summed E-state index contributed by atoms with van der Waals surface area (Å²) in [7, 11) is 1.55. The lowest BCUT2D eigenvalue weighted by molar-refractivity contribution is -0.140. The van der Waals surface area contributed by atoms with Crippen LogP contribution in [-0.2, 0) is 14.3 Å². The van der Waals surface area contributed by atoms with Crippen LogP contribution in [-0.4, -0.2) is 49.3 Å². The van der Waals surface area contributed by atoms with Gasteiger partial charge in [-0.05, 0) is 5.92 Å². The fraction of sp³-hybridized carbons (Fsp3) is 0.700. The van der Waals surface area contributed by atoms with Crippen molar-refractivity contribution in [2.75, 3.05) is 20.3 Å². The van der Waals surface area contributed by atoms with Crippen molar-refractivity contribution in [1.82, 2.24) is 10.6 Å². The first-order valence-electron chi connectivity index (χ1n) is 5.41. The lowest BCUT2D eigenvalue weighted by atomic mass is 10.2. The monoisotopic (exact) mass is 261 g/mol. The Bertz CT molecular complexity index is 308. The molecule has 0 saturated carbocycles. The smallest absolute Gasteiger partial charge is 0.326 e. The van der Waals surface area contributed by atoms with Crippen LogP contribution in [0, 0.1) is 5.92 Å². The van der Waals surface area contributed by atoms with Crippen LogP contribution in [0.5, 0.6) is 0 Å². The first-order valence-corrected chi connectivity index (χ1v) is 5.41. The van der Waals surface area contributed by atoms with Crippen LogP contribution in [0.2, 0.25) is 0 Å². The topological polar surface area (TPSA) is 131 Å². The van der Waals surface area contributed by atoms with E-state index in [0.29, 0.717) is 13.2 Å². The molecule has 2 atom stereocenters. The second-order valence-corrected chi connectivity index (χ2v) is 3.98. The molecule has 0 aromatic heterocycles. The number of carbonyl (C=O) groups excluding carboxylic acids is 2. The normalized spacial score (nSPS) is 13.4. The van der Waals surface area contributed by atoms with E-state index in [2.05, 4.69) is 10.6 Å². The summed E-state index contributed by atoms with van der Waals surface area (Å²) in [6.07, 6.45) is -0.448. The highest BCUT2D eigenvalue weighted by Crippen LogP contribution is 1.94. The Balaban J connectivity index is 4.10. The van der Waals surface area contributed by atoms with Crippen LogP contribution < -0.4 is 16.4 Å². The standard InChI is InChI=1S/C10H19N3O5/c1-6(5-18-2)4-12-10(17)13-7(9(15)16)3-8(11)14/h6-7H,3-5H2,1-2H3,(H2,11,14)(H,15,16)(H2,12,13,17). The summed E-state index contributed by atoms with van der Waals surface area (Å²) in [6, 6.07) is -1.98. The fourth-order valence-electron chi connectivity index (χ4n) is 1.22. The molecule has 0 fully saturated rings. The van der Waals surface area contributed by atoms with Crippen molar-refractivity contribution < 1.29 is 24.2 Å². The predicted octanol–water partition coefficient (Wildman–Crippen LogP) is -1.10. The van der Waals surface area contributed by atoms with Crippen molar-refractivity contribution >= 4 is 17.9 Å². The number of methoxy groups -OCH3 is 1. The van der Waals surface area contributed by atoms with E-state index in [9.17, 15) is 14.4 Å². The number of carboxylic acids is 1. The molecule has 0 aromatic rings. The molecular weight excluding hydrogens is 242 g/mol. The van der Waals surface area contributed by atoms with Crippen LogP contribution in [0.15, 0.2) is 0 Å². The number of hydrogen-bond donors (Lipinski definition) is 4. The van der Waals surface area contributed by atoms with Crippen LogP contribution in [0.1, 0.15) is 13.3 Å². The molecule has 2 unspecified atom stereocenters. The second-order valence-electron chi connectivity index (χ2n) is 3.98. The Morgan fingerprint density at radius 1 is 1.39 bits per heavy atom. The van der Waals surface area contributed by atoms with E-state index < -0.39 is 30.4 Å². The van der Waals surface area contributed by atoms with Gasteiger partial charge >= 0.3 is 12.0 Å². The number of urea groups is 1. The molecule has 0 rings (SSSR count). The quantitative estimate of drug-likeness (QED) is 0.440. The molecule has 0 radical (unpaired) electrons. The van der Waals surface area contributed by atoms with E-state index in [4.69, 9.17) is 15.6 Å². The summed E-state index contributed by atoms with van der Waals surface area (Å²) in [5, 5.41) is 13.4. The Hall–Kier alpha value is -1.83. The van der Waals surface area contributed by atoms with Gasteiger partial charge in [0.05, 0.1) is 13.0 Å². The van der Waals surface area contributed by atoms with Crippen molar-refractivity contribution in [3.8, 4) is 0 Å². The molecule has 5 N–H and O–H groups in total. The van der Waals surface area contributed by atoms with Crippen molar-refractivity contribution in [2.24, 2.45) is 11.7 Å². The Morgan fingerprint density at radius 3 is 2.44 bits per heavy atom. The molecule has 0 aliphatic carbocycles. The lowest BCUT2D eigenvalue weighted by Gasteiger charge is -2.15. The molecular formula is C10H19N3O5. The minimum absolute atomic E-state index is 0.0974. The minimum atomic E-state index is -1.32. The maximum atomic E-state index is 11.4. The number of carbonyl (C=O) groups is 3. The first kappa shape index (κ1) is 16.2. The van der Waals surface area contributed by atoms with Crippen molar-refractivity contribution in [1.29, 1.82) is 0 Å². The van der Waals surface area contributed by atoms with Gasteiger partial charge in [0.15, 0.2) is 0 Å². The number of ether oxygens (including phenoxy) is 1. The molecule has 0 spiro atoms. The zero-order chi connectivity index (χ0) is 14.1. The fourth-order valence-corrected chi connectivity index (χ4v) is 1.22. The summed E-state index contributed by atoms with van der Waals surface area (Å²) < 4.78 is 4.88. The van der Waals surface area contributed by atoms with Gasteiger partial charge in [0.25, 0.3) is 0 Å². The zero-order valence-electron chi connectivity index (χ0n) is 10.4. The van der Waals surface area contributed by atoms with Gasteiger partial charge in [-0.15, -0.1) is 0 Å². The van der Waals surface area contributed by atoms with Crippen LogP contribution in [0.3, 0.4) is 0 Å². The van der Waals surface area contributed by atoms with Gasteiger partial charge in [-0.1, -0.05) is 6.92 Å². The van der Waals surface area contributed by atoms with Gasteiger partial charge in [-0.25, -0.2) is 9.59 Å². The molecule has 0 aliphatic heterocycles. The van der Waals surface area contributed by atoms with Gasteiger partial charge in [0.2, 0.25) is 5.91 Å². The summed E-state index contributed by atoms with van der Waals surface area (Å²) in [6.45, 7) is 2.67. The van der Waals surface area contributed by atoms with Crippen molar-refractivity contribution in [3.63, 3.8) is 0 Å². The SMILES string of the molecule is COCC(C)CNC(=O)NC(CC(N)=O)C(=O)O. The highest BCUT2D eigenvalue weighted by molar-refractivity contribution is 5.87. The maximum Gasteiger partial charge on any atom is 0.326 e. The van der Waals surface area contributed by atoms with Crippen LogP contribution in [0.25, 0.3) is 0 Å². The highest BCUT2D eigenvalue weighted by atomic mass is 16.5. The number of nitrogens with two attached hydrogens (primary N) is 1. The molecule has 0 heterocycles. The van der Waals surface area contributed by atoms with Gasteiger partial charge < -0.3 is 26.2 Å². The lowest BCUT2D eigenvalue weighted by Crippen LogP contribution is -2.48. The van der Waals surface area contributed by atoms with Crippen molar-refractivity contribution in [2.45, 2.75) is 19.4 Å². The molecule has 104 valence electrons. The molecule has 18 heavy (non-hydrogen) atoms. The Kier molecular flexibility index (Phi) is 7.45. The Labute approximate surface area is 105 Å². The molecule has 0 aromatic carbocycles. The number of amides is 3. The van der Waals surface area contributed by atoms with Gasteiger partial charge in [0.1, 0.15) is 6.04 Å². The van der Waals surface area contributed by atoms with Crippen molar-refractivity contribution in [3.05, 3.63) is 0 Å². The zero-order valence-corrected chi connectivity index (χ0v) is 10.4. The molecule has 8 nitrogen and oxygen atoms in total. The van der Waals surface area contributed by atoms with Crippen LogP contribution >= 0.6 is 0 Å². The number of primary amides is 1. The molecule has 0 bridgehead atoms. The summed E-state index contributed by atoms with van der Waals surface area (Å²) in [4.78, 5) is 32.7. The van der Waals surface area contributed by atoms with E-state index >= 15 is 0 Å². The third kappa shape index (κ3) is 7.44. The van der Waals surface area contributed by atoms with E-state index in [-0.39, 0.29) is 5.92 Å². The molecule has 0 aliphatic rings. The third-order valence-electron chi connectivity index (χ3n) is 2.07. The maximum absolute atomic E-state index is 11.4. The van der Waals surface area contributed by atoms with E-state index in [1.165, 1.54) is 0 Å². The number of carboxylic acid groups (broad SMARTS) is 1. The molecule has 8 heteroatoms. The third-order valence-corrected chi connectivity index (χ3v) is 2.07. The second kappa shape index (κ2) is 8.29. The minimum Gasteiger partial charge on any atom is -0.480 e. The molecule has 3 amide bonds. The largest absolute Gasteiger partial charge is 0.480 e. The average Bonchev–Trinajstić information content (AvgIpc) is 2.25. The predicted molar refractivity (Wildman–Crippen MR) is 62.8 cm³/mol. The highest BCUT2D eigenvalue weighted by Gasteiger charge is 2.22. The first-order chi connectivity index (χ1) is 8.36. The number of aliphatic carboxylic acids is 1. The average molecular weight is 261 g/mol. The van der Waals surface area contributed by atoms with E-state index in [0.717, 1.165) is 0 Å². The number of hydrogen-bond acceptors (Lipinski definition) is 4. The molecule has 0 saturated heterocycles.